The summed E-state index contributed by atoms with van der Waals surface area (Å²) < 4.78 is 7.55. The number of hydrogen-bond acceptors (Lipinski definition) is 5. The molecule has 3 rings (SSSR count). The van der Waals surface area contributed by atoms with Crippen molar-refractivity contribution in [2.24, 2.45) is 11.8 Å². The van der Waals surface area contributed by atoms with Crippen LogP contribution in [-0.4, -0.2) is 34.4 Å². The van der Waals surface area contributed by atoms with Gasteiger partial charge in [0.1, 0.15) is 5.82 Å². The number of nitrogens with one attached hydrogen (secondary N) is 1. The molecule has 28 heavy (non-hydrogen) atoms. The van der Waals surface area contributed by atoms with E-state index < -0.39 is 0 Å². The van der Waals surface area contributed by atoms with Gasteiger partial charge < -0.3 is 10.1 Å². The van der Waals surface area contributed by atoms with E-state index in [1.807, 2.05) is 32.2 Å². The fourth-order valence-electron chi connectivity index (χ4n) is 3.79. The molecule has 2 aromatic rings. The Balaban J connectivity index is 1.89. The number of rotatable bonds is 7. The summed E-state index contributed by atoms with van der Waals surface area (Å²) in [6.07, 6.45) is 8.40. The molecule has 0 aromatic carbocycles. The minimum absolute atomic E-state index is 0.278. The molecule has 0 unspecified atom stereocenters. The van der Waals surface area contributed by atoms with E-state index in [9.17, 15) is 4.79 Å². The maximum atomic E-state index is 12.7. The highest BCUT2D eigenvalue weighted by molar-refractivity contribution is 5.96. The molecule has 0 radical (unpaired) electrons. The van der Waals surface area contributed by atoms with Crippen molar-refractivity contribution in [3.8, 4) is 11.1 Å². The van der Waals surface area contributed by atoms with E-state index in [-0.39, 0.29) is 11.9 Å². The zero-order valence-corrected chi connectivity index (χ0v) is 17.5. The Bertz CT molecular complexity index is 807. The minimum Gasteiger partial charge on any atom is -0.461 e. The highest BCUT2D eigenvalue weighted by Gasteiger charge is 2.22. The van der Waals surface area contributed by atoms with Crippen LogP contribution < -0.4 is 5.32 Å². The van der Waals surface area contributed by atoms with E-state index in [0.29, 0.717) is 24.0 Å². The average molecular weight is 385 g/mol. The maximum absolute atomic E-state index is 12.7. The summed E-state index contributed by atoms with van der Waals surface area (Å²) in [5.41, 5.74) is 3.14. The summed E-state index contributed by atoms with van der Waals surface area (Å²) in [6.45, 7) is 7.43. The van der Waals surface area contributed by atoms with E-state index in [1.54, 1.807) is 7.05 Å². The molecule has 6 heteroatoms. The van der Waals surface area contributed by atoms with Crippen LogP contribution in [0.1, 0.15) is 62.1 Å². The van der Waals surface area contributed by atoms with Gasteiger partial charge in [0, 0.05) is 30.4 Å². The van der Waals surface area contributed by atoms with Crippen molar-refractivity contribution >= 4 is 11.8 Å². The summed E-state index contributed by atoms with van der Waals surface area (Å²) in [6, 6.07) is 3.81. The molecule has 0 amide bonds. The first kappa shape index (κ1) is 20.4. The lowest BCUT2D eigenvalue weighted by Gasteiger charge is -2.22. The monoisotopic (exact) mass is 384 g/mol. The fourth-order valence-corrected chi connectivity index (χ4v) is 3.79. The largest absolute Gasteiger partial charge is 0.461 e. The Labute approximate surface area is 167 Å². The SMILES string of the molecule is CNc1ccc(-c2cnn(CC3CCCCC3)c2C)c(C(=O)OCC(C)C)n1. The standard InChI is InChI=1S/C22H32N4O2/c1-15(2)14-28-22(27)21-18(10-11-20(23-4)25-21)19-12-24-26(16(19)3)13-17-8-6-5-7-9-17/h10-12,15,17H,5-9,13-14H2,1-4H3,(H,23,25). The van der Waals surface area contributed by atoms with Gasteiger partial charge >= 0.3 is 5.97 Å². The first-order valence-electron chi connectivity index (χ1n) is 10.4. The van der Waals surface area contributed by atoms with Gasteiger partial charge in [-0.1, -0.05) is 33.1 Å². The average Bonchev–Trinajstić information content (AvgIpc) is 3.06. The third-order valence-corrected chi connectivity index (χ3v) is 5.44. The summed E-state index contributed by atoms with van der Waals surface area (Å²) >= 11 is 0. The molecule has 0 spiro atoms. The Kier molecular flexibility index (Phi) is 6.70. The number of ether oxygens (including phenoxy) is 1. The third kappa shape index (κ3) is 4.72. The van der Waals surface area contributed by atoms with E-state index in [2.05, 4.69) is 27.0 Å². The summed E-state index contributed by atoms with van der Waals surface area (Å²) in [5.74, 6) is 1.23. The molecule has 0 bridgehead atoms. The Morgan fingerprint density at radius 2 is 2.00 bits per heavy atom. The van der Waals surface area contributed by atoms with Gasteiger partial charge in [-0.05, 0) is 43.7 Å². The van der Waals surface area contributed by atoms with Crippen molar-refractivity contribution < 1.29 is 9.53 Å². The van der Waals surface area contributed by atoms with E-state index in [0.717, 1.165) is 23.4 Å². The molecule has 6 nitrogen and oxygen atoms in total. The van der Waals surface area contributed by atoms with Gasteiger partial charge in [0.05, 0.1) is 12.8 Å². The number of hydrogen-bond donors (Lipinski definition) is 1. The molecule has 1 N–H and O–H groups in total. The first-order chi connectivity index (χ1) is 13.5. The molecule has 0 aliphatic heterocycles. The van der Waals surface area contributed by atoms with Crippen LogP contribution in [0.4, 0.5) is 5.82 Å². The number of aromatic nitrogens is 3. The predicted molar refractivity (Wildman–Crippen MR) is 111 cm³/mol. The third-order valence-electron chi connectivity index (χ3n) is 5.44. The summed E-state index contributed by atoms with van der Waals surface area (Å²) in [4.78, 5) is 17.2. The molecule has 152 valence electrons. The van der Waals surface area contributed by atoms with Gasteiger partial charge in [-0.2, -0.15) is 5.10 Å². The topological polar surface area (TPSA) is 69.0 Å². The van der Waals surface area contributed by atoms with Gasteiger partial charge in [0.2, 0.25) is 0 Å². The van der Waals surface area contributed by atoms with Crippen molar-refractivity contribution in [3.05, 3.63) is 29.7 Å². The summed E-state index contributed by atoms with van der Waals surface area (Å²) in [5, 5.41) is 7.62. The lowest BCUT2D eigenvalue weighted by molar-refractivity contribution is 0.0453. The Hall–Kier alpha value is -2.37. The highest BCUT2D eigenvalue weighted by Crippen LogP contribution is 2.30. The van der Waals surface area contributed by atoms with Gasteiger partial charge in [-0.15, -0.1) is 0 Å². The molecular formula is C22H32N4O2. The van der Waals surface area contributed by atoms with Crippen LogP contribution in [0.5, 0.6) is 0 Å². The number of pyridine rings is 1. The second-order valence-corrected chi connectivity index (χ2v) is 8.16. The Morgan fingerprint density at radius 3 is 2.68 bits per heavy atom. The van der Waals surface area contributed by atoms with Crippen LogP contribution >= 0.6 is 0 Å². The van der Waals surface area contributed by atoms with Crippen LogP contribution in [0, 0.1) is 18.8 Å². The quantitative estimate of drug-likeness (QED) is 0.702. The van der Waals surface area contributed by atoms with Gasteiger partial charge in [0.15, 0.2) is 5.69 Å². The van der Waals surface area contributed by atoms with Crippen molar-refractivity contribution in [2.75, 3.05) is 19.0 Å². The minimum atomic E-state index is -0.389. The van der Waals surface area contributed by atoms with Crippen molar-refractivity contribution in [3.63, 3.8) is 0 Å². The molecule has 1 aliphatic rings. The predicted octanol–water partition coefficient (Wildman–Crippen LogP) is 4.69. The molecule has 2 aromatic heterocycles. The van der Waals surface area contributed by atoms with Gasteiger partial charge in [-0.25, -0.2) is 9.78 Å². The van der Waals surface area contributed by atoms with Crippen molar-refractivity contribution in [2.45, 2.75) is 59.4 Å². The zero-order chi connectivity index (χ0) is 20.1. The number of nitrogens with zero attached hydrogens (tertiary/aromatic N) is 3. The number of esters is 1. The smallest absolute Gasteiger partial charge is 0.357 e. The van der Waals surface area contributed by atoms with Crippen molar-refractivity contribution in [1.82, 2.24) is 14.8 Å². The first-order valence-corrected chi connectivity index (χ1v) is 10.4. The fraction of sp³-hybridized carbons (Fsp3) is 0.591. The second-order valence-electron chi connectivity index (χ2n) is 8.16. The lowest BCUT2D eigenvalue weighted by atomic mass is 9.89. The van der Waals surface area contributed by atoms with Crippen LogP contribution in [0.3, 0.4) is 0 Å². The van der Waals surface area contributed by atoms with Gasteiger partial charge in [0.25, 0.3) is 0 Å². The Morgan fingerprint density at radius 1 is 1.25 bits per heavy atom. The van der Waals surface area contributed by atoms with Crippen molar-refractivity contribution in [1.29, 1.82) is 0 Å². The molecule has 1 aliphatic carbocycles. The van der Waals surface area contributed by atoms with Crippen LogP contribution in [0.15, 0.2) is 18.3 Å². The molecule has 0 saturated heterocycles. The molecule has 2 heterocycles. The van der Waals surface area contributed by atoms with Crippen LogP contribution in [0.25, 0.3) is 11.1 Å². The van der Waals surface area contributed by atoms with E-state index in [1.165, 1.54) is 32.1 Å². The normalized spacial score (nSPS) is 15.0. The lowest BCUT2D eigenvalue weighted by Crippen LogP contribution is -2.16. The molecular weight excluding hydrogens is 352 g/mol. The van der Waals surface area contributed by atoms with Gasteiger partial charge in [-0.3, -0.25) is 4.68 Å². The molecule has 1 fully saturated rings. The van der Waals surface area contributed by atoms with Crippen LogP contribution in [-0.2, 0) is 11.3 Å². The number of carbonyl (C=O) groups is 1. The molecule has 0 atom stereocenters. The molecule has 1 saturated carbocycles. The number of anilines is 1. The summed E-state index contributed by atoms with van der Waals surface area (Å²) in [7, 11) is 1.79. The zero-order valence-electron chi connectivity index (χ0n) is 17.5. The number of carbonyl (C=O) groups excluding carboxylic acids is 1. The van der Waals surface area contributed by atoms with Crippen LogP contribution in [0.2, 0.25) is 0 Å². The maximum Gasteiger partial charge on any atom is 0.357 e. The highest BCUT2D eigenvalue weighted by atomic mass is 16.5. The van der Waals surface area contributed by atoms with E-state index in [4.69, 9.17) is 4.74 Å². The second kappa shape index (κ2) is 9.22. The van der Waals surface area contributed by atoms with E-state index >= 15 is 0 Å².